The largest absolute Gasteiger partial charge is 0.384 e. The van der Waals surface area contributed by atoms with Crippen molar-refractivity contribution in [2.24, 2.45) is 0 Å². The topological polar surface area (TPSA) is 59.2 Å². The van der Waals surface area contributed by atoms with Gasteiger partial charge in [-0.3, -0.25) is 4.79 Å². The van der Waals surface area contributed by atoms with Crippen LogP contribution >= 0.6 is 22.9 Å². The van der Waals surface area contributed by atoms with Crippen LogP contribution in [0.15, 0.2) is 29.6 Å². The Morgan fingerprint density at radius 2 is 2.26 bits per heavy atom. The van der Waals surface area contributed by atoms with Crippen LogP contribution in [0.25, 0.3) is 0 Å². The van der Waals surface area contributed by atoms with Crippen LogP contribution in [-0.2, 0) is 0 Å². The summed E-state index contributed by atoms with van der Waals surface area (Å²) in [5, 5.41) is 2.21. The van der Waals surface area contributed by atoms with Crippen molar-refractivity contribution in [3.8, 4) is 0 Å². The third kappa shape index (κ3) is 3.05. The molecule has 1 unspecified atom stereocenters. The molecule has 0 aliphatic rings. The Labute approximate surface area is 120 Å². The fraction of sp³-hybridized carbons (Fsp3) is 0.231. The van der Waals surface area contributed by atoms with Crippen LogP contribution < -0.4 is 5.73 Å². The summed E-state index contributed by atoms with van der Waals surface area (Å²) in [5.41, 5.74) is 6.05. The molecule has 4 nitrogen and oxygen atoms in total. The summed E-state index contributed by atoms with van der Waals surface area (Å²) in [6.45, 7) is 1.98. The summed E-state index contributed by atoms with van der Waals surface area (Å²) in [4.78, 5) is 19.0. The number of hydrogen-bond acceptors (Lipinski definition) is 4. The number of nitrogen functional groups attached to an aromatic ring is 1. The minimum Gasteiger partial charge on any atom is -0.384 e. The average Bonchev–Trinajstić information content (AvgIpc) is 2.88. The van der Waals surface area contributed by atoms with Crippen molar-refractivity contribution >= 4 is 34.7 Å². The van der Waals surface area contributed by atoms with E-state index in [1.165, 1.54) is 12.1 Å². The first-order valence-electron chi connectivity index (χ1n) is 5.72. The van der Waals surface area contributed by atoms with Crippen molar-refractivity contribution in [1.82, 2.24) is 9.88 Å². The number of nitrogens with two attached hydrogens (primary N) is 1. The third-order valence-electron chi connectivity index (χ3n) is 2.92. The second-order valence-electron chi connectivity index (χ2n) is 4.21. The highest BCUT2D eigenvalue weighted by Gasteiger charge is 2.20. The molecule has 19 heavy (non-hydrogen) atoms. The summed E-state index contributed by atoms with van der Waals surface area (Å²) in [5.74, 6) is 0.116. The van der Waals surface area contributed by atoms with Gasteiger partial charge in [0, 0.05) is 17.5 Å². The van der Waals surface area contributed by atoms with Crippen LogP contribution in [0.3, 0.4) is 0 Å². The molecule has 2 N–H and O–H groups in total. The lowest BCUT2D eigenvalue weighted by Gasteiger charge is -2.24. The molecule has 0 aliphatic heterocycles. The highest BCUT2D eigenvalue weighted by atomic mass is 35.5. The zero-order chi connectivity index (χ0) is 14.0. The number of pyridine rings is 1. The molecular formula is C13H14ClN3OS. The number of nitrogens with zero attached hydrogens (tertiary/aromatic N) is 2. The Bertz CT molecular complexity index is 565. The summed E-state index contributed by atoms with van der Waals surface area (Å²) in [6.07, 6.45) is 0. The predicted molar refractivity (Wildman–Crippen MR) is 78.5 cm³/mol. The van der Waals surface area contributed by atoms with Gasteiger partial charge in [0.1, 0.15) is 11.0 Å². The quantitative estimate of drug-likeness (QED) is 0.885. The molecule has 2 rings (SSSR count). The molecule has 1 atom stereocenters. The van der Waals surface area contributed by atoms with E-state index < -0.39 is 0 Å². The van der Waals surface area contributed by atoms with Crippen LogP contribution in [0, 0.1) is 0 Å². The van der Waals surface area contributed by atoms with Gasteiger partial charge in [0.15, 0.2) is 0 Å². The Morgan fingerprint density at radius 3 is 2.84 bits per heavy atom. The first-order valence-corrected chi connectivity index (χ1v) is 6.98. The number of aromatic nitrogens is 1. The van der Waals surface area contributed by atoms with E-state index in [1.54, 1.807) is 23.3 Å². The summed E-state index contributed by atoms with van der Waals surface area (Å²) in [7, 11) is 1.76. The predicted octanol–water partition coefficient (Wildman–Crippen LogP) is 3.21. The van der Waals surface area contributed by atoms with E-state index in [0.717, 1.165) is 4.88 Å². The number of amides is 1. The van der Waals surface area contributed by atoms with Gasteiger partial charge in [-0.15, -0.1) is 11.3 Å². The molecule has 0 saturated heterocycles. The standard InChI is InChI=1S/C13H14ClN3OS/c1-8(10-4-3-5-19-10)17(2)13(18)9-6-11(14)16-12(15)7-9/h3-8H,1-2H3,(H2,15,16). The van der Waals surface area contributed by atoms with Crippen molar-refractivity contribution in [2.75, 3.05) is 12.8 Å². The molecule has 0 radical (unpaired) electrons. The molecule has 0 bridgehead atoms. The maximum atomic E-state index is 12.4. The van der Waals surface area contributed by atoms with Gasteiger partial charge in [-0.2, -0.15) is 0 Å². The zero-order valence-corrected chi connectivity index (χ0v) is 12.2. The summed E-state index contributed by atoms with van der Waals surface area (Å²) in [6, 6.07) is 7.04. The van der Waals surface area contributed by atoms with Gasteiger partial charge in [-0.05, 0) is 30.5 Å². The lowest BCUT2D eigenvalue weighted by atomic mass is 10.2. The lowest BCUT2D eigenvalue weighted by molar-refractivity contribution is 0.0745. The Morgan fingerprint density at radius 1 is 1.53 bits per heavy atom. The fourth-order valence-corrected chi connectivity index (χ4v) is 2.78. The van der Waals surface area contributed by atoms with Crippen LogP contribution in [0.4, 0.5) is 5.82 Å². The number of thiophene rings is 1. The van der Waals surface area contributed by atoms with Crippen LogP contribution in [0.1, 0.15) is 28.2 Å². The van der Waals surface area contributed by atoms with Gasteiger partial charge in [-0.25, -0.2) is 4.98 Å². The van der Waals surface area contributed by atoms with Crippen molar-refractivity contribution < 1.29 is 4.79 Å². The molecule has 0 aliphatic carbocycles. The number of carbonyl (C=O) groups is 1. The maximum absolute atomic E-state index is 12.4. The highest BCUT2D eigenvalue weighted by Crippen LogP contribution is 2.25. The normalized spacial score (nSPS) is 12.2. The average molecular weight is 296 g/mol. The van der Waals surface area contributed by atoms with Crippen molar-refractivity contribution in [3.05, 3.63) is 45.2 Å². The van der Waals surface area contributed by atoms with Gasteiger partial charge in [-0.1, -0.05) is 17.7 Å². The molecule has 100 valence electrons. The second kappa shape index (κ2) is 5.59. The molecular weight excluding hydrogens is 282 g/mol. The van der Waals surface area contributed by atoms with Gasteiger partial charge < -0.3 is 10.6 Å². The Kier molecular flexibility index (Phi) is 4.07. The van der Waals surface area contributed by atoms with E-state index in [1.807, 2.05) is 24.4 Å². The Hall–Kier alpha value is -1.59. The number of anilines is 1. The zero-order valence-electron chi connectivity index (χ0n) is 10.6. The molecule has 2 aromatic rings. The van der Waals surface area contributed by atoms with Crippen molar-refractivity contribution in [3.63, 3.8) is 0 Å². The number of carbonyl (C=O) groups excluding carboxylic acids is 1. The number of halogens is 1. The van der Waals surface area contributed by atoms with E-state index in [4.69, 9.17) is 17.3 Å². The smallest absolute Gasteiger partial charge is 0.254 e. The van der Waals surface area contributed by atoms with Crippen molar-refractivity contribution in [2.45, 2.75) is 13.0 Å². The molecule has 2 aromatic heterocycles. The first-order chi connectivity index (χ1) is 8.99. The SMILES string of the molecule is CC(c1cccs1)N(C)C(=O)c1cc(N)nc(Cl)c1. The molecule has 1 amide bonds. The van der Waals surface area contributed by atoms with E-state index in [9.17, 15) is 4.79 Å². The van der Waals surface area contributed by atoms with Crippen LogP contribution in [-0.4, -0.2) is 22.8 Å². The van der Waals surface area contributed by atoms with E-state index in [-0.39, 0.29) is 22.9 Å². The summed E-state index contributed by atoms with van der Waals surface area (Å²) >= 11 is 7.44. The monoisotopic (exact) mass is 295 g/mol. The maximum Gasteiger partial charge on any atom is 0.254 e. The highest BCUT2D eigenvalue weighted by molar-refractivity contribution is 7.10. The van der Waals surface area contributed by atoms with Gasteiger partial charge in [0.2, 0.25) is 0 Å². The van der Waals surface area contributed by atoms with Gasteiger partial charge >= 0.3 is 0 Å². The van der Waals surface area contributed by atoms with E-state index in [0.29, 0.717) is 5.56 Å². The van der Waals surface area contributed by atoms with E-state index >= 15 is 0 Å². The molecule has 0 aromatic carbocycles. The fourth-order valence-electron chi connectivity index (χ4n) is 1.74. The second-order valence-corrected chi connectivity index (χ2v) is 5.58. The molecule has 2 heterocycles. The van der Waals surface area contributed by atoms with Crippen LogP contribution in [0.2, 0.25) is 5.15 Å². The molecule has 6 heteroatoms. The molecule has 0 spiro atoms. The minimum atomic E-state index is -0.128. The van der Waals surface area contributed by atoms with Crippen LogP contribution in [0.5, 0.6) is 0 Å². The summed E-state index contributed by atoms with van der Waals surface area (Å²) < 4.78 is 0. The lowest BCUT2D eigenvalue weighted by Crippen LogP contribution is -2.29. The van der Waals surface area contributed by atoms with E-state index in [2.05, 4.69) is 4.98 Å². The number of hydrogen-bond donors (Lipinski definition) is 1. The molecule has 0 saturated carbocycles. The number of rotatable bonds is 3. The van der Waals surface area contributed by atoms with Crippen molar-refractivity contribution in [1.29, 1.82) is 0 Å². The molecule has 0 fully saturated rings. The first kappa shape index (κ1) is 13.8. The Balaban J connectivity index is 2.23. The van der Waals surface area contributed by atoms with Gasteiger partial charge in [0.25, 0.3) is 5.91 Å². The third-order valence-corrected chi connectivity index (χ3v) is 4.15. The van der Waals surface area contributed by atoms with Gasteiger partial charge in [0.05, 0.1) is 6.04 Å². The minimum absolute atomic E-state index is 0.000616.